The van der Waals surface area contributed by atoms with Gasteiger partial charge in [0.1, 0.15) is 11.6 Å². The van der Waals surface area contributed by atoms with Crippen molar-refractivity contribution in [1.29, 1.82) is 0 Å². The maximum absolute atomic E-state index is 12.3. The molecule has 0 aliphatic rings. The quantitative estimate of drug-likeness (QED) is 0.139. The molecule has 0 bridgehead atoms. The Morgan fingerprint density at radius 1 is 0.631 bits per heavy atom. The third kappa shape index (κ3) is 9.15. The van der Waals surface area contributed by atoms with Crippen LogP contribution in [0.25, 0.3) is 72.7 Å². The standard InChI is InChI=1S/C60H56N3O.Pt/c1-38(2)51-35-46(43-19-13-10-14-20-43)36-52(39(3)4)57(51)63-55-24-16-21-49(56(55)62-59(63)50-22-15-23-53(58(50)64)60(6,7)8)47-32-42(31-41-17-11-9-12-18-41)33-48(34-47)54-37-45(29-30-61-54)44-27-25-40(5)26-28-44;/h9-30,32-33,35-39,64H,31H2,1-8H3;/q-1;/i5D3;. The number of phenolic OH excluding ortho intramolecular Hbond substituents is 1. The summed E-state index contributed by atoms with van der Waals surface area (Å²) in [5, 5.41) is 12.3. The van der Waals surface area contributed by atoms with Crippen LogP contribution in [-0.4, -0.2) is 19.6 Å². The van der Waals surface area contributed by atoms with Crippen molar-refractivity contribution in [3.8, 4) is 67.5 Å². The summed E-state index contributed by atoms with van der Waals surface area (Å²) in [6, 6.07) is 57.4. The van der Waals surface area contributed by atoms with Gasteiger partial charge in [0.2, 0.25) is 0 Å². The zero-order valence-corrected chi connectivity index (χ0v) is 40.3. The Hall–Kier alpha value is -6.35. The molecule has 328 valence electrons. The number of para-hydroxylation sites is 2. The maximum atomic E-state index is 12.3. The predicted octanol–water partition coefficient (Wildman–Crippen LogP) is 15.7. The number of hydrogen-bond acceptors (Lipinski definition) is 3. The van der Waals surface area contributed by atoms with Gasteiger partial charge in [-0.05, 0) is 105 Å². The fourth-order valence-corrected chi connectivity index (χ4v) is 8.94. The number of hydrogen-bond donors (Lipinski definition) is 1. The molecule has 9 rings (SSSR count). The van der Waals surface area contributed by atoms with Crippen LogP contribution in [0, 0.1) is 12.9 Å². The van der Waals surface area contributed by atoms with E-state index in [1.807, 2.05) is 48.5 Å². The van der Waals surface area contributed by atoms with Gasteiger partial charge in [-0.25, -0.2) is 4.98 Å². The Balaban J connectivity index is 0.00000625. The second kappa shape index (κ2) is 18.6. The van der Waals surface area contributed by atoms with Crippen molar-refractivity contribution in [2.45, 2.75) is 79.0 Å². The van der Waals surface area contributed by atoms with Crippen molar-refractivity contribution < 1.29 is 30.3 Å². The van der Waals surface area contributed by atoms with Crippen molar-refractivity contribution >= 4 is 11.0 Å². The summed E-state index contributed by atoms with van der Waals surface area (Å²) in [6.45, 7) is 13.2. The van der Waals surface area contributed by atoms with Crippen LogP contribution >= 0.6 is 0 Å². The predicted molar refractivity (Wildman–Crippen MR) is 267 cm³/mol. The number of phenols is 1. The minimum absolute atomic E-state index is 0. The van der Waals surface area contributed by atoms with Crippen molar-refractivity contribution in [2.24, 2.45) is 0 Å². The van der Waals surface area contributed by atoms with Gasteiger partial charge in [0.15, 0.2) is 0 Å². The summed E-state index contributed by atoms with van der Waals surface area (Å²) >= 11 is 0. The van der Waals surface area contributed by atoms with E-state index in [9.17, 15) is 5.11 Å². The van der Waals surface area contributed by atoms with E-state index in [0.717, 1.165) is 61.4 Å². The molecule has 0 spiro atoms. The van der Waals surface area contributed by atoms with E-state index in [-0.39, 0.29) is 44.1 Å². The van der Waals surface area contributed by atoms with E-state index in [0.29, 0.717) is 23.4 Å². The van der Waals surface area contributed by atoms with Crippen molar-refractivity contribution in [3.63, 3.8) is 0 Å². The third-order valence-electron chi connectivity index (χ3n) is 12.2. The van der Waals surface area contributed by atoms with Crippen molar-refractivity contribution in [1.82, 2.24) is 14.5 Å². The molecule has 0 amide bonds. The van der Waals surface area contributed by atoms with Crippen LogP contribution in [0.4, 0.5) is 0 Å². The average Bonchev–Trinajstić information content (AvgIpc) is 3.70. The van der Waals surface area contributed by atoms with E-state index in [1.54, 1.807) is 18.3 Å². The number of aromatic nitrogens is 3. The zero-order chi connectivity index (χ0) is 47.2. The molecule has 65 heavy (non-hydrogen) atoms. The molecule has 4 nitrogen and oxygen atoms in total. The maximum Gasteiger partial charge on any atom is 0.148 e. The molecule has 1 N–H and O–H groups in total. The molecule has 0 unspecified atom stereocenters. The number of pyridine rings is 1. The van der Waals surface area contributed by atoms with E-state index in [4.69, 9.17) is 14.1 Å². The van der Waals surface area contributed by atoms with Crippen molar-refractivity contribution in [3.05, 3.63) is 203 Å². The summed E-state index contributed by atoms with van der Waals surface area (Å²) in [6.07, 6.45) is 2.49. The molecular weight excluding hydrogens is 974 g/mol. The number of benzene rings is 7. The molecule has 0 fully saturated rings. The van der Waals surface area contributed by atoms with Crippen LogP contribution in [0.1, 0.15) is 97.8 Å². The molecule has 2 heterocycles. The molecule has 0 atom stereocenters. The number of nitrogens with zero attached hydrogens (tertiary/aromatic N) is 3. The van der Waals surface area contributed by atoms with E-state index in [2.05, 4.69) is 156 Å². The van der Waals surface area contributed by atoms with Crippen molar-refractivity contribution in [2.75, 3.05) is 0 Å². The summed E-state index contributed by atoms with van der Waals surface area (Å²) in [7, 11) is 0. The summed E-state index contributed by atoms with van der Waals surface area (Å²) in [4.78, 5) is 10.5. The second-order valence-electron chi connectivity index (χ2n) is 18.6. The van der Waals surface area contributed by atoms with Crippen LogP contribution in [0.15, 0.2) is 164 Å². The zero-order valence-electron chi connectivity index (χ0n) is 41.1. The van der Waals surface area contributed by atoms with Gasteiger partial charge in [0, 0.05) is 37.1 Å². The Bertz CT molecular complexity index is 3210. The molecule has 5 heteroatoms. The Labute approximate surface area is 403 Å². The van der Waals surface area contributed by atoms with Gasteiger partial charge in [0.25, 0.3) is 0 Å². The summed E-state index contributed by atoms with van der Waals surface area (Å²) < 4.78 is 25.9. The molecule has 0 aliphatic carbocycles. The van der Waals surface area contributed by atoms with E-state index >= 15 is 0 Å². The minimum atomic E-state index is -2.18. The molecule has 0 saturated heterocycles. The van der Waals surface area contributed by atoms with Crippen LogP contribution in [-0.2, 0) is 32.9 Å². The molecule has 9 aromatic rings. The average molecular weight is 1030 g/mol. The first kappa shape index (κ1) is 41.4. The number of aromatic hydroxyl groups is 1. The molecule has 0 aliphatic heterocycles. The first-order valence-corrected chi connectivity index (χ1v) is 22.3. The summed E-state index contributed by atoms with van der Waals surface area (Å²) in [5.41, 5.74) is 16.5. The first-order chi connectivity index (χ1) is 32.0. The van der Waals surface area contributed by atoms with Crippen LogP contribution in [0.3, 0.4) is 0 Å². The summed E-state index contributed by atoms with van der Waals surface area (Å²) in [5.74, 6) is 1.21. The van der Waals surface area contributed by atoms with Gasteiger partial charge in [-0.1, -0.05) is 180 Å². The number of imidazole rings is 1. The number of fused-ring (bicyclic) bond motifs is 1. The van der Waals surface area contributed by atoms with Crippen LogP contribution in [0.5, 0.6) is 5.75 Å². The topological polar surface area (TPSA) is 50.9 Å². The van der Waals surface area contributed by atoms with Gasteiger partial charge in [-0.2, -0.15) is 0 Å². The fourth-order valence-electron chi connectivity index (χ4n) is 8.94. The molecular formula is C60H56N3OPt-. The molecule has 0 saturated carbocycles. The van der Waals surface area contributed by atoms with Gasteiger partial charge in [-0.15, -0.1) is 29.3 Å². The number of rotatable bonds is 10. The first-order valence-electron chi connectivity index (χ1n) is 23.8. The van der Waals surface area contributed by atoms with E-state index in [1.165, 1.54) is 27.8 Å². The normalized spacial score (nSPS) is 12.5. The molecule has 0 radical (unpaired) electrons. The second-order valence-corrected chi connectivity index (χ2v) is 18.6. The Morgan fingerprint density at radius 2 is 1.26 bits per heavy atom. The SMILES string of the molecule is [2H]C([2H])([2H])c1ccc(-c2ccnc(-c3[c-]c(-c4cccc5c4nc(-c4cccc(C(C)(C)C)c4O)n5-c4c(C(C)C)cc(-c5ccccc5)cc4C(C)C)cc(Cc4ccccc4)c3)c2)cc1.[Pt]. The minimum Gasteiger partial charge on any atom is -0.507 e. The molecule has 7 aromatic carbocycles. The van der Waals surface area contributed by atoms with Gasteiger partial charge >= 0.3 is 0 Å². The van der Waals surface area contributed by atoms with Gasteiger partial charge < -0.3 is 5.11 Å². The monoisotopic (exact) mass is 1030 g/mol. The van der Waals surface area contributed by atoms with Gasteiger partial charge in [-0.3, -0.25) is 9.55 Å². The largest absolute Gasteiger partial charge is 0.507 e. The third-order valence-corrected chi connectivity index (χ3v) is 12.2. The number of aryl methyl sites for hydroxylation is 1. The Morgan fingerprint density at radius 3 is 1.92 bits per heavy atom. The van der Waals surface area contributed by atoms with E-state index < -0.39 is 6.85 Å². The fraction of sp³-hybridized carbons (Fsp3) is 0.200. The smallest absolute Gasteiger partial charge is 0.148 e. The molecule has 2 aromatic heterocycles. The Kier molecular flexibility index (Phi) is 11.9. The van der Waals surface area contributed by atoms with Crippen LogP contribution < -0.4 is 0 Å². The van der Waals surface area contributed by atoms with Crippen LogP contribution in [0.2, 0.25) is 0 Å². The van der Waals surface area contributed by atoms with Gasteiger partial charge in [0.05, 0.1) is 22.3 Å².